The van der Waals surface area contributed by atoms with Crippen molar-refractivity contribution in [3.63, 3.8) is 0 Å². The van der Waals surface area contributed by atoms with Gasteiger partial charge in [-0.15, -0.1) is 0 Å². The van der Waals surface area contributed by atoms with Crippen molar-refractivity contribution in [1.82, 2.24) is 4.58 Å². The lowest BCUT2D eigenvalue weighted by molar-refractivity contribution is 0.475. The van der Waals surface area contributed by atoms with Crippen molar-refractivity contribution in [2.24, 2.45) is 0 Å². The molecule has 154 valence electrons. The highest BCUT2D eigenvalue weighted by Crippen LogP contribution is 2.33. The van der Waals surface area contributed by atoms with Gasteiger partial charge in [0, 0.05) is 30.6 Å². The zero-order valence-corrected chi connectivity index (χ0v) is 18.2. The first-order valence-corrected chi connectivity index (χ1v) is 11.2. The maximum absolute atomic E-state index is 9.67. The van der Waals surface area contributed by atoms with Crippen molar-refractivity contribution in [3.8, 4) is 16.9 Å². The number of phenolic OH excluding ortho intramolecular Hbond substituents is 1. The number of aromatic hydroxyl groups is 1. The number of fused-ring (bicyclic) bond motifs is 2. The molecule has 1 N–H and O–H groups in total. The van der Waals surface area contributed by atoms with Crippen molar-refractivity contribution in [2.75, 3.05) is 6.54 Å². The average Bonchev–Trinajstić information content (AvgIpc) is 3.11. The predicted octanol–water partition coefficient (Wildman–Crippen LogP) is 5.19. The standard InChI is InChI=1S/C29H27NO/c1-3-4-17-30-28-15-11-23(21-7-5-20(2)6-8-21)18-26(28)27-19-24(12-16-29(27)30)22-9-13-25(31)14-10-22/h5-16,18H,3-4,17,19H2,1-2H3/p+1. The van der Waals surface area contributed by atoms with Gasteiger partial charge in [-0.1, -0.05) is 61.4 Å². The number of nitrogens with zero attached hydrogens (tertiary/aromatic N) is 1. The molecule has 0 unspecified atom stereocenters. The van der Waals surface area contributed by atoms with E-state index < -0.39 is 0 Å². The van der Waals surface area contributed by atoms with Crippen LogP contribution in [0.15, 0.2) is 84.6 Å². The number of rotatable bonds is 5. The summed E-state index contributed by atoms with van der Waals surface area (Å²) in [4.78, 5) is 0. The van der Waals surface area contributed by atoms with Gasteiger partial charge in [-0.25, -0.2) is 0 Å². The van der Waals surface area contributed by atoms with Crippen LogP contribution in [0, 0.1) is 6.92 Å². The molecule has 3 aromatic carbocycles. The van der Waals surface area contributed by atoms with Crippen LogP contribution in [-0.2, 0) is 0 Å². The molecule has 31 heavy (non-hydrogen) atoms. The third kappa shape index (κ3) is 3.63. The Hall–Kier alpha value is -3.39. The summed E-state index contributed by atoms with van der Waals surface area (Å²) in [5.74, 6) is 0.309. The predicted molar refractivity (Wildman–Crippen MR) is 129 cm³/mol. The summed E-state index contributed by atoms with van der Waals surface area (Å²) in [6, 6.07) is 23.3. The fraction of sp³-hybridized carbons (Fsp3) is 0.207. The van der Waals surface area contributed by atoms with Crippen molar-refractivity contribution in [3.05, 3.63) is 106 Å². The molecule has 0 amide bonds. The highest BCUT2D eigenvalue weighted by molar-refractivity contribution is 5.85. The van der Waals surface area contributed by atoms with Crippen LogP contribution in [0.4, 0.5) is 0 Å². The molecule has 2 aliphatic rings. The van der Waals surface area contributed by atoms with Crippen LogP contribution < -0.4 is 15.2 Å². The molecule has 0 fully saturated rings. The Bertz CT molecular complexity index is 1320. The van der Waals surface area contributed by atoms with E-state index in [1.54, 1.807) is 12.1 Å². The fourth-order valence-corrected chi connectivity index (χ4v) is 4.61. The molecule has 3 aromatic rings. The Morgan fingerprint density at radius 1 is 0.839 bits per heavy atom. The number of hydrogen-bond acceptors (Lipinski definition) is 1. The number of benzene rings is 3. The van der Waals surface area contributed by atoms with Crippen LogP contribution in [-0.4, -0.2) is 11.7 Å². The van der Waals surface area contributed by atoms with Crippen LogP contribution in [0.25, 0.3) is 22.3 Å². The highest BCUT2D eigenvalue weighted by atomic mass is 16.3. The SMILES string of the molecule is CCCC[N+]1=c2ccc(-c3ccc(C)cc3)cc2=C2CC(c3ccc(O)cc3)=CC=C21. The number of unbranched alkanes of at least 4 members (excludes halogenated alkanes) is 1. The topological polar surface area (TPSA) is 23.2 Å². The van der Waals surface area contributed by atoms with Crippen molar-refractivity contribution in [1.29, 1.82) is 0 Å². The number of aryl methyl sites for hydroxylation is 1. The molecule has 0 saturated carbocycles. The largest absolute Gasteiger partial charge is 0.508 e. The van der Waals surface area contributed by atoms with Gasteiger partial charge in [-0.3, -0.25) is 0 Å². The molecule has 0 bridgehead atoms. The summed E-state index contributed by atoms with van der Waals surface area (Å²) in [5.41, 5.74) is 9.02. The van der Waals surface area contributed by atoms with E-state index in [-0.39, 0.29) is 0 Å². The number of hydrogen-bond donors (Lipinski definition) is 1. The average molecular weight is 407 g/mol. The van der Waals surface area contributed by atoms with Gasteiger partial charge < -0.3 is 5.11 Å². The Morgan fingerprint density at radius 3 is 2.29 bits per heavy atom. The van der Waals surface area contributed by atoms with E-state index in [0.29, 0.717) is 5.75 Å². The van der Waals surface area contributed by atoms with E-state index >= 15 is 0 Å². The Balaban J connectivity index is 1.65. The zero-order chi connectivity index (χ0) is 21.4. The van der Waals surface area contributed by atoms with E-state index in [2.05, 4.69) is 73.0 Å². The third-order valence-electron chi connectivity index (χ3n) is 6.38. The van der Waals surface area contributed by atoms with Gasteiger partial charge in [-0.05, 0) is 53.5 Å². The minimum Gasteiger partial charge on any atom is -0.508 e. The van der Waals surface area contributed by atoms with E-state index in [9.17, 15) is 5.11 Å². The van der Waals surface area contributed by atoms with Gasteiger partial charge in [0.2, 0.25) is 11.1 Å². The number of phenols is 1. The Labute approximate surface area is 183 Å². The van der Waals surface area contributed by atoms with Gasteiger partial charge in [0.25, 0.3) is 0 Å². The Kier molecular flexibility index (Phi) is 5.07. The quantitative estimate of drug-likeness (QED) is 0.579. The molecule has 0 atom stereocenters. The fourth-order valence-electron chi connectivity index (χ4n) is 4.61. The van der Waals surface area contributed by atoms with Crippen LogP contribution in [0.5, 0.6) is 5.75 Å². The molecule has 5 rings (SSSR count). The normalized spacial score (nSPS) is 14.8. The first-order chi connectivity index (χ1) is 15.1. The monoisotopic (exact) mass is 406 g/mol. The summed E-state index contributed by atoms with van der Waals surface area (Å²) in [5, 5.41) is 12.3. The van der Waals surface area contributed by atoms with Crippen LogP contribution >= 0.6 is 0 Å². The minimum atomic E-state index is 0.309. The lowest BCUT2D eigenvalue weighted by atomic mass is 9.91. The first-order valence-electron chi connectivity index (χ1n) is 11.2. The molecular formula is C29H28NO+. The van der Waals surface area contributed by atoms with E-state index in [0.717, 1.165) is 13.0 Å². The Morgan fingerprint density at radius 2 is 1.55 bits per heavy atom. The molecule has 2 nitrogen and oxygen atoms in total. The van der Waals surface area contributed by atoms with Crippen molar-refractivity contribution in [2.45, 2.75) is 33.1 Å². The smallest absolute Gasteiger partial charge is 0.213 e. The molecule has 1 aliphatic carbocycles. The summed E-state index contributed by atoms with van der Waals surface area (Å²) in [6.07, 6.45) is 7.80. The van der Waals surface area contributed by atoms with Gasteiger partial charge in [0.1, 0.15) is 12.3 Å². The van der Waals surface area contributed by atoms with E-state index in [1.807, 2.05) is 12.1 Å². The van der Waals surface area contributed by atoms with Crippen molar-refractivity contribution < 1.29 is 5.11 Å². The second-order valence-electron chi connectivity index (χ2n) is 8.55. The molecule has 2 heteroatoms. The van der Waals surface area contributed by atoms with Crippen LogP contribution in [0.3, 0.4) is 0 Å². The molecule has 0 radical (unpaired) electrons. The molecule has 0 saturated heterocycles. The van der Waals surface area contributed by atoms with Gasteiger partial charge in [-0.2, -0.15) is 4.58 Å². The maximum atomic E-state index is 9.67. The van der Waals surface area contributed by atoms with E-state index in [1.165, 1.54) is 62.5 Å². The summed E-state index contributed by atoms with van der Waals surface area (Å²) >= 11 is 0. The van der Waals surface area contributed by atoms with Crippen LogP contribution in [0.2, 0.25) is 0 Å². The summed E-state index contributed by atoms with van der Waals surface area (Å²) in [6.45, 7) is 5.43. The third-order valence-corrected chi connectivity index (χ3v) is 6.38. The summed E-state index contributed by atoms with van der Waals surface area (Å²) < 4.78 is 2.50. The van der Waals surface area contributed by atoms with Crippen molar-refractivity contribution >= 4 is 11.1 Å². The van der Waals surface area contributed by atoms with Gasteiger partial charge >= 0.3 is 0 Å². The second kappa shape index (κ2) is 8.03. The molecule has 0 spiro atoms. The lowest BCUT2D eigenvalue weighted by Crippen LogP contribution is -2.33. The van der Waals surface area contributed by atoms with Crippen LogP contribution in [0.1, 0.15) is 37.3 Å². The van der Waals surface area contributed by atoms with Gasteiger partial charge in [0.05, 0.1) is 5.22 Å². The molecule has 1 aliphatic heterocycles. The highest BCUT2D eigenvalue weighted by Gasteiger charge is 2.30. The zero-order valence-electron chi connectivity index (χ0n) is 18.2. The summed E-state index contributed by atoms with van der Waals surface area (Å²) in [7, 11) is 0. The van der Waals surface area contributed by atoms with E-state index in [4.69, 9.17) is 0 Å². The number of allylic oxidation sites excluding steroid dienone is 4. The molecular weight excluding hydrogens is 378 g/mol. The molecule has 0 aromatic heterocycles. The minimum absolute atomic E-state index is 0.309. The molecule has 1 heterocycles. The van der Waals surface area contributed by atoms with Gasteiger partial charge in [0.15, 0.2) is 0 Å². The first kappa shape index (κ1) is 19.6. The maximum Gasteiger partial charge on any atom is 0.213 e. The lowest BCUT2D eigenvalue weighted by Gasteiger charge is -2.14. The second-order valence-corrected chi connectivity index (χ2v) is 8.55.